The maximum absolute atomic E-state index is 11.1. The van der Waals surface area contributed by atoms with Gasteiger partial charge in [0, 0.05) is 6.42 Å². The van der Waals surface area contributed by atoms with Crippen molar-refractivity contribution in [3.05, 3.63) is 0 Å². The number of carbonyl (C=O) groups excluding carboxylic acids is 1. The van der Waals surface area contributed by atoms with E-state index in [1.54, 1.807) is 0 Å². The summed E-state index contributed by atoms with van der Waals surface area (Å²) in [6.07, 6.45) is 9.75. The number of hydrogen-bond acceptors (Lipinski definition) is 2. The molecule has 1 rings (SSSR count). The third-order valence-corrected chi connectivity index (χ3v) is 4.60. The minimum absolute atomic E-state index is 0.00823. The molecule has 0 aliphatic heterocycles. The average Bonchev–Trinajstić information content (AvgIpc) is 2.30. The molecule has 1 aliphatic rings. The van der Waals surface area contributed by atoms with E-state index in [0.717, 1.165) is 18.8 Å². The van der Waals surface area contributed by atoms with Gasteiger partial charge in [-0.1, -0.05) is 33.1 Å². The summed E-state index contributed by atoms with van der Waals surface area (Å²) in [6, 6.07) is 0. The summed E-state index contributed by atoms with van der Waals surface area (Å²) in [7, 11) is 0.537. The molecule has 0 bridgehead atoms. The first-order valence-electron chi connectivity index (χ1n) is 6.63. The summed E-state index contributed by atoms with van der Waals surface area (Å²) in [6.45, 7) is 4.74. The molecule has 16 heavy (non-hydrogen) atoms. The van der Waals surface area contributed by atoms with Crippen LogP contribution in [0, 0.1) is 11.3 Å². The topological polar surface area (TPSA) is 26.3 Å². The molecule has 94 valence electrons. The van der Waals surface area contributed by atoms with E-state index in [2.05, 4.69) is 13.8 Å². The van der Waals surface area contributed by atoms with Crippen molar-refractivity contribution >= 4 is 16.5 Å². The summed E-state index contributed by atoms with van der Waals surface area (Å²) < 4.78 is 4.81. The Labute approximate surface area is 103 Å². The quantitative estimate of drug-likeness (QED) is 0.693. The minimum atomic E-state index is -0.00823. The van der Waals surface area contributed by atoms with Crippen molar-refractivity contribution in [3.8, 4) is 0 Å². The molecule has 0 saturated heterocycles. The van der Waals surface area contributed by atoms with Gasteiger partial charge < -0.3 is 4.43 Å². The molecule has 0 radical (unpaired) electrons. The molecular weight excluding hydrogens is 216 g/mol. The van der Waals surface area contributed by atoms with Gasteiger partial charge in [0.25, 0.3) is 5.97 Å². The summed E-state index contributed by atoms with van der Waals surface area (Å²) in [5.41, 5.74) is 0.409. The molecule has 0 aromatic heterocycles. The highest BCUT2D eigenvalue weighted by Crippen LogP contribution is 2.41. The second-order valence-corrected chi connectivity index (χ2v) is 6.16. The van der Waals surface area contributed by atoms with Crippen LogP contribution in [0.15, 0.2) is 0 Å². The van der Waals surface area contributed by atoms with Gasteiger partial charge in [-0.3, -0.25) is 4.79 Å². The molecule has 3 heteroatoms. The SMILES string of the molecule is CC(C)(CCCC(=O)O[SiH3])C1CCCCC1. The van der Waals surface area contributed by atoms with Gasteiger partial charge in [-0.15, -0.1) is 0 Å². The van der Waals surface area contributed by atoms with Crippen LogP contribution in [0.1, 0.15) is 65.2 Å². The van der Waals surface area contributed by atoms with E-state index in [1.165, 1.54) is 32.1 Å². The van der Waals surface area contributed by atoms with Gasteiger partial charge in [0.15, 0.2) is 0 Å². The highest BCUT2D eigenvalue weighted by atomic mass is 28.2. The Morgan fingerprint density at radius 2 is 1.94 bits per heavy atom. The maximum Gasteiger partial charge on any atom is 0.291 e. The Hall–Kier alpha value is -0.313. The summed E-state index contributed by atoms with van der Waals surface area (Å²) in [5.74, 6) is 0.861. The highest BCUT2D eigenvalue weighted by molar-refractivity contribution is 6.05. The standard InChI is InChI=1S/C13H26O2Si/c1-13(2,10-6-9-12(14)15-16)11-7-4-3-5-8-11/h11H,3-10H2,1-2,16H3. The Morgan fingerprint density at radius 1 is 1.31 bits per heavy atom. The Balaban J connectivity index is 2.29. The maximum atomic E-state index is 11.1. The van der Waals surface area contributed by atoms with Crippen LogP contribution in [0.3, 0.4) is 0 Å². The lowest BCUT2D eigenvalue weighted by molar-refractivity contribution is -0.134. The minimum Gasteiger partial charge on any atom is -0.529 e. The van der Waals surface area contributed by atoms with Crippen molar-refractivity contribution in [2.24, 2.45) is 11.3 Å². The molecule has 1 fully saturated rings. The van der Waals surface area contributed by atoms with Gasteiger partial charge in [0.1, 0.15) is 0 Å². The van der Waals surface area contributed by atoms with Crippen LogP contribution in [-0.2, 0) is 9.22 Å². The fraction of sp³-hybridized carbons (Fsp3) is 0.923. The van der Waals surface area contributed by atoms with Crippen molar-refractivity contribution in [1.82, 2.24) is 0 Å². The van der Waals surface area contributed by atoms with Gasteiger partial charge in [-0.05, 0) is 37.0 Å². The van der Waals surface area contributed by atoms with Gasteiger partial charge in [-0.25, -0.2) is 0 Å². The molecule has 0 aromatic rings. The summed E-state index contributed by atoms with van der Waals surface area (Å²) >= 11 is 0. The molecular formula is C13H26O2Si. The molecule has 0 spiro atoms. The average molecular weight is 242 g/mol. The smallest absolute Gasteiger partial charge is 0.291 e. The first kappa shape index (κ1) is 13.8. The summed E-state index contributed by atoms with van der Waals surface area (Å²) in [5, 5.41) is 0. The van der Waals surface area contributed by atoms with Crippen LogP contribution in [0.2, 0.25) is 0 Å². The van der Waals surface area contributed by atoms with Crippen LogP contribution < -0.4 is 0 Å². The van der Waals surface area contributed by atoms with Gasteiger partial charge in [0.2, 0.25) is 10.5 Å². The van der Waals surface area contributed by atoms with E-state index in [9.17, 15) is 4.79 Å². The van der Waals surface area contributed by atoms with Gasteiger partial charge in [-0.2, -0.15) is 0 Å². The van der Waals surface area contributed by atoms with Crippen molar-refractivity contribution in [2.75, 3.05) is 0 Å². The zero-order valence-electron chi connectivity index (χ0n) is 11.1. The van der Waals surface area contributed by atoms with E-state index in [4.69, 9.17) is 4.43 Å². The van der Waals surface area contributed by atoms with Gasteiger partial charge >= 0.3 is 0 Å². The zero-order chi connectivity index (χ0) is 12.0. The molecule has 1 saturated carbocycles. The van der Waals surface area contributed by atoms with E-state index < -0.39 is 0 Å². The Morgan fingerprint density at radius 3 is 2.50 bits per heavy atom. The predicted molar refractivity (Wildman–Crippen MR) is 70.2 cm³/mol. The first-order valence-corrected chi connectivity index (χ1v) is 7.45. The van der Waals surface area contributed by atoms with E-state index >= 15 is 0 Å². The van der Waals surface area contributed by atoms with E-state index in [-0.39, 0.29) is 5.97 Å². The van der Waals surface area contributed by atoms with Crippen LogP contribution in [0.5, 0.6) is 0 Å². The Kier molecular flexibility index (Phi) is 5.53. The van der Waals surface area contributed by atoms with Crippen molar-refractivity contribution < 1.29 is 9.22 Å². The van der Waals surface area contributed by atoms with E-state index in [0.29, 0.717) is 22.3 Å². The van der Waals surface area contributed by atoms with Crippen molar-refractivity contribution in [1.29, 1.82) is 0 Å². The monoisotopic (exact) mass is 242 g/mol. The predicted octanol–water partition coefficient (Wildman–Crippen LogP) is 2.59. The normalized spacial score (nSPS) is 18.6. The van der Waals surface area contributed by atoms with Gasteiger partial charge in [0.05, 0.1) is 0 Å². The molecule has 0 N–H and O–H groups in total. The second-order valence-electron chi connectivity index (χ2n) is 5.75. The Bertz CT molecular complexity index is 220. The van der Waals surface area contributed by atoms with Crippen LogP contribution in [0.4, 0.5) is 0 Å². The lowest BCUT2D eigenvalue weighted by atomic mass is 9.69. The second kappa shape index (κ2) is 6.43. The van der Waals surface area contributed by atoms with Crippen LogP contribution in [0.25, 0.3) is 0 Å². The number of hydrogen-bond donors (Lipinski definition) is 0. The molecule has 0 aromatic carbocycles. The van der Waals surface area contributed by atoms with E-state index in [1.807, 2.05) is 0 Å². The summed E-state index contributed by atoms with van der Waals surface area (Å²) in [4.78, 5) is 11.1. The molecule has 0 amide bonds. The van der Waals surface area contributed by atoms with Crippen LogP contribution in [-0.4, -0.2) is 16.5 Å². The molecule has 0 atom stereocenters. The number of rotatable bonds is 5. The first-order chi connectivity index (χ1) is 7.56. The fourth-order valence-corrected chi connectivity index (χ4v) is 3.08. The fourth-order valence-electron chi connectivity index (χ4n) is 2.88. The molecule has 2 nitrogen and oxygen atoms in total. The zero-order valence-corrected chi connectivity index (χ0v) is 13.1. The third-order valence-electron chi connectivity index (χ3n) is 4.14. The van der Waals surface area contributed by atoms with Crippen molar-refractivity contribution in [3.63, 3.8) is 0 Å². The highest BCUT2D eigenvalue weighted by Gasteiger charge is 2.30. The largest absolute Gasteiger partial charge is 0.529 e. The lowest BCUT2D eigenvalue weighted by Crippen LogP contribution is -2.26. The van der Waals surface area contributed by atoms with Crippen LogP contribution >= 0.6 is 0 Å². The molecule has 0 unspecified atom stereocenters. The number of carbonyl (C=O) groups is 1. The molecule has 0 heterocycles. The third kappa shape index (κ3) is 4.28. The lowest BCUT2D eigenvalue weighted by Gasteiger charge is -2.37. The van der Waals surface area contributed by atoms with Crippen molar-refractivity contribution in [2.45, 2.75) is 65.2 Å². The molecule has 1 aliphatic carbocycles.